The largest absolute Gasteiger partial charge is 0.390 e. The van der Waals surface area contributed by atoms with Gasteiger partial charge in [0.1, 0.15) is 0 Å². The van der Waals surface area contributed by atoms with Crippen LogP contribution < -0.4 is 16.0 Å². The molecule has 23 heavy (non-hydrogen) atoms. The van der Waals surface area contributed by atoms with Gasteiger partial charge in [0.25, 0.3) is 0 Å². The van der Waals surface area contributed by atoms with E-state index in [0.717, 1.165) is 10.0 Å². The fourth-order valence-electron chi connectivity index (χ4n) is 1.63. The molecule has 1 aromatic carbocycles. The Balaban J connectivity index is 2.43. The second-order valence-electron chi connectivity index (χ2n) is 4.73. The van der Waals surface area contributed by atoms with Crippen molar-refractivity contribution in [3.8, 4) is 0 Å². The van der Waals surface area contributed by atoms with Gasteiger partial charge < -0.3 is 16.0 Å². The summed E-state index contributed by atoms with van der Waals surface area (Å²) in [4.78, 5) is 15.6. The summed E-state index contributed by atoms with van der Waals surface area (Å²) in [7, 11) is 1.42. The summed E-state index contributed by atoms with van der Waals surface area (Å²) < 4.78 is 37.0. The van der Waals surface area contributed by atoms with Gasteiger partial charge in [0.15, 0.2) is 5.96 Å². The Labute approximate surface area is 140 Å². The van der Waals surface area contributed by atoms with E-state index in [9.17, 15) is 18.0 Å². The van der Waals surface area contributed by atoms with Crippen LogP contribution in [0.5, 0.6) is 0 Å². The number of rotatable bonds is 5. The van der Waals surface area contributed by atoms with Gasteiger partial charge in [-0.1, -0.05) is 22.0 Å². The first kappa shape index (κ1) is 19.3. The highest BCUT2D eigenvalue weighted by Crippen LogP contribution is 2.20. The van der Waals surface area contributed by atoms with Crippen LogP contribution in [0.1, 0.15) is 12.0 Å². The van der Waals surface area contributed by atoms with Gasteiger partial charge >= 0.3 is 6.18 Å². The van der Waals surface area contributed by atoms with E-state index in [0.29, 0.717) is 5.69 Å². The summed E-state index contributed by atoms with van der Waals surface area (Å²) in [6, 6.07) is 5.48. The first-order valence-corrected chi connectivity index (χ1v) is 7.58. The zero-order valence-corrected chi connectivity index (χ0v) is 14.3. The molecule has 0 saturated carbocycles. The van der Waals surface area contributed by atoms with E-state index < -0.39 is 12.6 Å². The molecule has 0 saturated heterocycles. The standard InChI is InChI=1S/C14H18BrF3N4O/c1-9-3-4-10(15)7-11(9)22-12(23)8-21-13(19-2)20-6-5-14(16,17)18/h3-4,7H,5-6,8H2,1-2H3,(H,22,23)(H2,19,20,21). The van der Waals surface area contributed by atoms with Crippen molar-refractivity contribution in [1.29, 1.82) is 0 Å². The van der Waals surface area contributed by atoms with E-state index in [1.165, 1.54) is 7.05 Å². The van der Waals surface area contributed by atoms with Gasteiger partial charge in [0, 0.05) is 23.8 Å². The smallest absolute Gasteiger partial charge is 0.356 e. The molecule has 5 nitrogen and oxygen atoms in total. The van der Waals surface area contributed by atoms with Crippen LogP contribution in [0.2, 0.25) is 0 Å². The number of hydrogen-bond donors (Lipinski definition) is 3. The number of aryl methyl sites for hydroxylation is 1. The van der Waals surface area contributed by atoms with E-state index in [4.69, 9.17) is 0 Å². The van der Waals surface area contributed by atoms with Crippen molar-refractivity contribution in [3.63, 3.8) is 0 Å². The van der Waals surface area contributed by atoms with Crippen LogP contribution >= 0.6 is 15.9 Å². The Morgan fingerprint density at radius 1 is 1.30 bits per heavy atom. The van der Waals surface area contributed by atoms with Crippen molar-refractivity contribution < 1.29 is 18.0 Å². The number of carbonyl (C=O) groups is 1. The third-order valence-corrected chi connectivity index (χ3v) is 3.31. The Hall–Kier alpha value is -1.77. The molecule has 0 spiro atoms. The predicted octanol–water partition coefficient (Wildman–Crippen LogP) is 2.81. The van der Waals surface area contributed by atoms with E-state index in [-0.39, 0.29) is 25.0 Å². The molecule has 1 aromatic rings. The number of halogens is 4. The first-order chi connectivity index (χ1) is 10.7. The van der Waals surface area contributed by atoms with Crippen molar-refractivity contribution in [2.75, 3.05) is 25.5 Å². The number of carbonyl (C=O) groups excluding carboxylic acids is 1. The highest BCUT2D eigenvalue weighted by Gasteiger charge is 2.26. The minimum absolute atomic E-state index is 0.113. The Morgan fingerprint density at radius 3 is 2.61 bits per heavy atom. The van der Waals surface area contributed by atoms with Crippen LogP contribution in [0.25, 0.3) is 0 Å². The third-order valence-electron chi connectivity index (χ3n) is 2.81. The van der Waals surface area contributed by atoms with Gasteiger partial charge in [-0.3, -0.25) is 9.79 Å². The minimum Gasteiger partial charge on any atom is -0.356 e. The Bertz CT molecular complexity index is 576. The third kappa shape index (κ3) is 7.87. The molecule has 0 fully saturated rings. The zero-order valence-electron chi connectivity index (χ0n) is 12.7. The van der Waals surface area contributed by atoms with Gasteiger partial charge in [-0.25, -0.2) is 0 Å². The van der Waals surface area contributed by atoms with Crippen LogP contribution in [0.3, 0.4) is 0 Å². The molecule has 0 unspecified atom stereocenters. The van der Waals surface area contributed by atoms with Gasteiger partial charge in [0.2, 0.25) is 5.91 Å². The summed E-state index contributed by atoms with van der Waals surface area (Å²) in [5.41, 5.74) is 1.56. The number of guanidine groups is 1. The topological polar surface area (TPSA) is 65.5 Å². The molecule has 1 rings (SSSR count). The highest BCUT2D eigenvalue weighted by atomic mass is 79.9. The summed E-state index contributed by atoms with van der Waals surface area (Å²) in [5, 5.41) is 7.87. The molecule has 9 heteroatoms. The maximum absolute atomic E-state index is 12.1. The van der Waals surface area contributed by atoms with E-state index in [1.807, 2.05) is 19.1 Å². The molecule has 0 aliphatic carbocycles. The molecule has 1 amide bonds. The molecule has 0 atom stereocenters. The lowest BCUT2D eigenvalue weighted by molar-refractivity contribution is -0.132. The van der Waals surface area contributed by atoms with Crippen LogP contribution in [-0.4, -0.2) is 38.2 Å². The van der Waals surface area contributed by atoms with Gasteiger partial charge in [-0.05, 0) is 24.6 Å². The van der Waals surface area contributed by atoms with Gasteiger partial charge in [-0.2, -0.15) is 13.2 Å². The first-order valence-electron chi connectivity index (χ1n) is 6.78. The number of benzene rings is 1. The lowest BCUT2D eigenvalue weighted by atomic mass is 10.2. The predicted molar refractivity (Wildman–Crippen MR) is 87.5 cm³/mol. The maximum atomic E-state index is 12.1. The summed E-state index contributed by atoms with van der Waals surface area (Å²) in [6.07, 6.45) is -5.21. The normalized spacial score (nSPS) is 12.0. The molecule has 0 aromatic heterocycles. The second kappa shape index (κ2) is 8.76. The van der Waals surface area contributed by atoms with E-state index in [1.54, 1.807) is 6.07 Å². The van der Waals surface area contributed by atoms with Crippen LogP contribution in [0.15, 0.2) is 27.7 Å². The molecule has 0 bridgehead atoms. The molecule has 0 aliphatic heterocycles. The van der Waals surface area contributed by atoms with Crippen molar-refractivity contribution in [1.82, 2.24) is 10.6 Å². The molecular weight excluding hydrogens is 377 g/mol. The van der Waals surface area contributed by atoms with Crippen molar-refractivity contribution in [2.45, 2.75) is 19.5 Å². The lowest BCUT2D eigenvalue weighted by Gasteiger charge is -2.13. The van der Waals surface area contributed by atoms with E-state index in [2.05, 4.69) is 36.9 Å². The second-order valence-corrected chi connectivity index (χ2v) is 5.64. The maximum Gasteiger partial charge on any atom is 0.390 e. The number of nitrogens with zero attached hydrogens (tertiary/aromatic N) is 1. The summed E-state index contributed by atoms with van der Waals surface area (Å²) >= 11 is 3.32. The molecule has 0 heterocycles. The quantitative estimate of drug-likeness (QED) is 0.531. The highest BCUT2D eigenvalue weighted by molar-refractivity contribution is 9.10. The molecular formula is C14H18BrF3N4O. The number of anilines is 1. The van der Waals surface area contributed by atoms with Crippen molar-refractivity contribution in [2.24, 2.45) is 4.99 Å². The average molecular weight is 395 g/mol. The summed E-state index contributed by atoms with van der Waals surface area (Å²) in [5.74, 6) is -0.194. The van der Waals surface area contributed by atoms with Crippen LogP contribution in [0, 0.1) is 6.92 Å². The van der Waals surface area contributed by atoms with Gasteiger partial charge in [-0.15, -0.1) is 0 Å². The average Bonchev–Trinajstić information content (AvgIpc) is 2.45. The Morgan fingerprint density at radius 2 is 2.00 bits per heavy atom. The van der Waals surface area contributed by atoms with Gasteiger partial charge in [0.05, 0.1) is 13.0 Å². The zero-order chi connectivity index (χ0) is 17.5. The summed E-state index contributed by atoms with van der Waals surface area (Å²) in [6.45, 7) is 1.43. The van der Waals surface area contributed by atoms with Crippen molar-refractivity contribution >= 4 is 33.5 Å². The number of hydrogen-bond acceptors (Lipinski definition) is 2. The van der Waals surface area contributed by atoms with Crippen LogP contribution in [0.4, 0.5) is 18.9 Å². The molecule has 3 N–H and O–H groups in total. The monoisotopic (exact) mass is 394 g/mol. The fourth-order valence-corrected chi connectivity index (χ4v) is 1.99. The fraction of sp³-hybridized carbons (Fsp3) is 0.429. The number of amides is 1. The Kier molecular flexibility index (Phi) is 7.34. The number of aliphatic imine (C=N–C) groups is 1. The van der Waals surface area contributed by atoms with E-state index >= 15 is 0 Å². The SMILES string of the molecule is CN=C(NCCC(F)(F)F)NCC(=O)Nc1cc(Br)ccc1C. The minimum atomic E-state index is -4.23. The van der Waals surface area contributed by atoms with Crippen molar-refractivity contribution in [3.05, 3.63) is 28.2 Å². The molecule has 128 valence electrons. The molecule has 0 radical (unpaired) electrons. The number of alkyl halides is 3. The van der Waals surface area contributed by atoms with Crippen LogP contribution in [-0.2, 0) is 4.79 Å². The lowest BCUT2D eigenvalue weighted by Crippen LogP contribution is -2.42. The molecule has 0 aliphatic rings. The number of nitrogens with one attached hydrogen (secondary N) is 3.